The summed E-state index contributed by atoms with van der Waals surface area (Å²) in [7, 11) is 2.75. The summed E-state index contributed by atoms with van der Waals surface area (Å²) in [5.41, 5.74) is 3.39. The van der Waals surface area contributed by atoms with Gasteiger partial charge in [-0.25, -0.2) is 0 Å². The summed E-state index contributed by atoms with van der Waals surface area (Å²) in [6.45, 7) is 1.84. The molecule has 3 aliphatic carbocycles. The number of methoxy groups -OCH3 is 2. The van der Waals surface area contributed by atoms with Crippen LogP contribution in [0.15, 0.2) is 48.5 Å². The van der Waals surface area contributed by atoms with Crippen molar-refractivity contribution in [1.29, 1.82) is 0 Å². The molecule has 4 nitrogen and oxygen atoms in total. The quantitative estimate of drug-likeness (QED) is 0.790. The minimum absolute atomic E-state index is 0.214. The molecule has 0 aromatic heterocycles. The van der Waals surface area contributed by atoms with Crippen molar-refractivity contribution in [3.8, 4) is 0 Å². The fourth-order valence-electron chi connectivity index (χ4n) is 4.95. The Labute approximate surface area is 146 Å². The lowest BCUT2D eigenvalue weighted by Gasteiger charge is -2.53. The molecule has 0 aliphatic heterocycles. The van der Waals surface area contributed by atoms with Gasteiger partial charge in [-0.05, 0) is 29.2 Å². The van der Waals surface area contributed by atoms with E-state index < -0.39 is 11.3 Å². The van der Waals surface area contributed by atoms with E-state index in [2.05, 4.69) is 24.3 Å². The van der Waals surface area contributed by atoms with Crippen LogP contribution in [0, 0.1) is 11.3 Å². The average molecular weight is 336 g/mol. The minimum atomic E-state index is -1.00. The van der Waals surface area contributed by atoms with Crippen molar-refractivity contribution in [2.24, 2.45) is 11.3 Å². The molecular weight excluding hydrogens is 316 g/mol. The zero-order valence-electron chi connectivity index (χ0n) is 14.5. The third-order valence-corrected chi connectivity index (χ3v) is 5.94. The number of carbonyl (C=O) groups excluding carboxylic acids is 2. The lowest BCUT2D eigenvalue weighted by molar-refractivity contribution is -0.169. The van der Waals surface area contributed by atoms with Gasteiger partial charge < -0.3 is 9.47 Å². The highest BCUT2D eigenvalue weighted by Gasteiger charge is 2.63. The van der Waals surface area contributed by atoms with Gasteiger partial charge in [0.2, 0.25) is 0 Å². The first-order valence-electron chi connectivity index (χ1n) is 8.39. The van der Waals surface area contributed by atoms with E-state index in [1.165, 1.54) is 14.2 Å². The standard InChI is InChI=1S/C21H20O4/c1-21(20(23)25-3)17-14-10-6-4-8-12(14)16(18(21)19(22)24-2)13-9-5-7-11-15(13)17/h4-11,16-18H,1-3H3. The van der Waals surface area contributed by atoms with Gasteiger partial charge in [0.25, 0.3) is 0 Å². The number of carbonyl (C=O) groups is 2. The van der Waals surface area contributed by atoms with Gasteiger partial charge in [-0.1, -0.05) is 48.5 Å². The van der Waals surface area contributed by atoms with E-state index in [0.717, 1.165) is 22.3 Å². The minimum Gasteiger partial charge on any atom is -0.469 e. The first-order chi connectivity index (χ1) is 12.1. The Morgan fingerprint density at radius 1 is 0.840 bits per heavy atom. The Balaban J connectivity index is 2.08. The summed E-state index contributed by atoms with van der Waals surface area (Å²) in [5.74, 6) is -1.80. The summed E-state index contributed by atoms with van der Waals surface area (Å²) < 4.78 is 10.3. The van der Waals surface area contributed by atoms with Crippen LogP contribution in [0.3, 0.4) is 0 Å². The molecule has 4 heteroatoms. The lowest BCUT2D eigenvalue weighted by Crippen LogP contribution is -2.55. The SMILES string of the molecule is COC(=O)C1C2c3ccccc3C(c3ccccc32)C1(C)C(=O)OC. The summed E-state index contributed by atoms with van der Waals surface area (Å²) in [6.07, 6.45) is 0. The molecule has 128 valence electrons. The molecule has 0 saturated carbocycles. The molecule has 2 bridgehead atoms. The van der Waals surface area contributed by atoms with E-state index >= 15 is 0 Å². The van der Waals surface area contributed by atoms with Crippen LogP contribution in [0.25, 0.3) is 0 Å². The summed E-state index contributed by atoms with van der Waals surface area (Å²) in [4.78, 5) is 25.7. The van der Waals surface area contributed by atoms with Crippen molar-refractivity contribution in [2.75, 3.05) is 14.2 Å². The number of esters is 2. The van der Waals surface area contributed by atoms with Crippen LogP contribution in [0.2, 0.25) is 0 Å². The molecule has 0 heterocycles. The molecule has 5 rings (SSSR count). The van der Waals surface area contributed by atoms with E-state index in [1.54, 1.807) is 0 Å². The lowest BCUT2D eigenvalue weighted by atomic mass is 9.47. The first kappa shape index (κ1) is 15.9. The van der Waals surface area contributed by atoms with Gasteiger partial charge in [-0.2, -0.15) is 0 Å². The van der Waals surface area contributed by atoms with Crippen molar-refractivity contribution in [3.63, 3.8) is 0 Å². The van der Waals surface area contributed by atoms with Crippen LogP contribution >= 0.6 is 0 Å². The maximum atomic E-state index is 12.9. The molecule has 2 aromatic rings. The molecule has 0 radical (unpaired) electrons. The van der Waals surface area contributed by atoms with Crippen molar-refractivity contribution < 1.29 is 19.1 Å². The maximum absolute atomic E-state index is 12.9. The van der Waals surface area contributed by atoms with Gasteiger partial charge in [-0.3, -0.25) is 9.59 Å². The monoisotopic (exact) mass is 336 g/mol. The maximum Gasteiger partial charge on any atom is 0.313 e. The van der Waals surface area contributed by atoms with E-state index in [9.17, 15) is 9.59 Å². The number of fused-ring (bicyclic) bond motifs is 1. The largest absolute Gasteiger partial charge is 0.469 e. The number of ether oxygens (including phenoxy) is 2. The Morgan fingerprint density at radius 2 is 1.32 bits per heavy atom. The zero-order chi connectivity index (χ0) is 17.8. The smallest absolute Gasteiger partial charge is 0.313 e. The number of hydrogen-bond donors (Lipinski definition) is 0. The van der Waals surface area contributed by atoms with Crippen molar-refractivity contribution >= 4 is 11.9 Å². The molecular formula is C21H20O4. The van der Waals surface area contributed by atoms with Gasteiger partial charge in [0.05, 0.1) is 25.6 Å². The van der Waals surface area contributed by atoms with Gasteiger partial charge in [0, 0.05) is 11.8 Å². The predicted octanol–water partition coefficient (Wildman–Crippen LogP) is 3.25. The van der Waals surface area contributed by atoms with E-state index in [0.29, 0.717) is 0 Å². The average Bonchev–Trinajstić information content (AvgIpc) is 2.66. The van der Waals surface area contributed by atoms with Crippen LogP contribution in [-0.4, -0.2) is 26.2 Å². The number of rotatable bonds is 2. The van der Waals surface area contributed by atoms with Crippen LogP contribution in [-0.2, 0) is 19.1 Å². The summed E-state index contributed by atoms with van der Waals surface area (Å²) in [6, 6.07) is 16.1. The van der Waals surface area contributed by atoms with E-state index in [4.69, 9.17) is 9.47 Å². The second kappa shape index (κ2) is 5.45. The second-order valence-corrected chi connectivity index (χ2v) is 6.94. The van der Waals surface area contributed by atoms with Crippen molar-refractivity contribution in [2.45, 2.75) is 18.8 Å². The molecule has 0 fully saturated rings. The fourth-order valence-corrected chi connectivity index (χ4v) is 4.95. The van der Waals surface area contributed by atoms with Crippen LogP contribution in [0.5, 0.6) is 0 Å². The topological polar surface area (TPSA) is 52.6 Å². The summed E-state index contributed by atoms with van der Waals surface area (Å²) in [5, 5.41) is 0. The molecule has 2 unspecified atom stereocenters. The predicted molar refractivity (Wildman–Crippen MR) is 92.2 cm³/mol. The molecule has 2 atom stereocenters. The Hall–Kier alpha value is -2.62. The zero-order valence-corrected chi connectivity index (χ0v) is 14.5. The number of benzene rings is 2. The molecule has 0 spiro atoms. The highest BCUT2D eigenvalue weighted by Crippen LogP contribution is 2.64. The van der Waals surface area contributed by atoms with Crippen molar-refractivity contribution in [3.05, 3.63) is 70.8 Å². The van der Waals surface area contributed by atoms with Gasteiger partial charge in [-0.15, -0.1) is 0 Å². The first-order valence-corrected chi connectivity index (χ1v) is 8.39. The molecule has 25 heavy (non-hydrogen) atoms. The Kier molecular flexibility index (Phi) is 3.46. The highest BCUT2D eigenvalue weighted by molar-refractivity contribution is 5.90. The normalized spacial score (nSPS) is 28.7. The third kappa shape index (κ3) is 1.88. The van der Waals surface area contributed by atoms with E-state index in [1.807, 2.05) is 31.2 Å². The van der Waals surface area contributed by atoms with Crippen LogP contribution < -0.4 is 0 Å². The Morgan fingerprint density at radius 3 is 1.76 bits per heavy atom. The van der Waals surface area contributed by atoms with Crippen LogP contribution in [0.1, 0.15) is 41.0 Å². The van der Waals surface area contributed by atoms with Crippen LogP contribution in [0.4, 0.5) is 0 Å². The van der Waals surface area contributed by atoms with Gasteiger partial charge in [0.15, 0.2) is 0 Å². The molecule has 0 N–H and O–H groups in total. The van der Waals surface area contributed by atoms with Gasteiger partial charge in [0.1, 0.15) is 0 Å². The molecule has 2 aromatic carbocycles. The highest BCUT2D eigenvalue weighted by atomic mass is 16.5. The fraction of sp³-hybridized carbons (Fsp3) is 0.333. The Bertz CT molecular complexity index is 824. The molecule has 0 amide bonds. The van der Waals surface area contributed by atoms with Crippen molar-refractivity contribution in [1.82, 2.24) is 0 Å². The number of hydrogen-bond acceptors (Lipinski definition) is 4. The summed E-state index contributed by atoms with van der Waals surface area (Å²) >= 11 is 0. The van der Waals surface area contributed by atoms with E-state index in [-0.39, 0.29) is 23.8 Å². The molecule has 0 saturated heterocycles. The van der Waals surface area contributed by atoms with Gasteiger partial charge >= 0.3 is 11.9 Å². The second-order valence-electron chi connectivity index (χ2n) is 6.94. The third-order valence-electron chi connectivity index (χ3n) is 5.94. The molecule has 3 aliphatic rings.